The lowest BCUT2D eigenvalue weighted by atomic mass is 10.1. The van der Waals surface area contributed by atoms with Crippen LogP contribution in [0.15, 0.2) is 12.1 Å². The molecule has 0 spiro atoms. The van der Waals surface area contributed by atoms with E-state index in [9.17, 15) is 4.79 Å². The minimum Gasteiger partial charge on any atom is -0.493 e. The first-order valence-corrected chi connectivity index (χ1v) is 6.54. The van der Waals surface area contributed by atoms with Crippen LogP contribution in [-0.4, -0.2) is 25.8 Å². The average molecular weight is 280 g/mol. The van der Waals surface area contributed by atoms with Gasteiger partial charge in [0.05, 0.1) is 14.2 Å². The van der Waals surface area contributed by atoms with Crippen molar-refractivity contribution in [2.45, 2.75) is 39.8 Å². The number of aryl methyl sites for hydroxylation is 1. The van der Waals surface area contributed by atoms with Gasteiger partial charge in [0.15, 0.2) is 11.5 Å². The van der Waals surface area contributed by atoms with Gasteiger partial charge in [-0.3, -0.25) is 0 Å². The molecular weight excluding hydrogens is 256 g/mol. The van der Waals surface area contributed by atoms with E-state index in [0.717, 1.165) is 11.1 Å². The average Bonchev–Trinajstić information content (AvgIpc) is 2.34. The van der Waals surface area contributed by atoms with E-state index < -0.39 is 0 Å². The molecule has 0 unspecified atom stereocenters. The van der Waals surface area contributed by atoms with Crippen molar-refractivity contribution in [1.29, 1.82) is 0 Å². The molecule has 0 atom stereocenters. The molecule has 0 saturated carbocycles. The molecule has 0 saturated heterocycles. The van der Waals surface area contributed by atoms with E-state index in [1.54, 1.807) is 14.2 Å². The monoisotopic (exact) mass is 280 g/mol. The highest BCUT2D eigenvalue weighted by molar-refractivity contribution is 5.74. The first-order valence-electron chi connectivity index (χ1n) is 6.54. The number of nitrogens with one attached hydrogen (secondary N) is 2. The molecule has 0 heterocycles. The van der Waals surface area contributed by atoms with Crippen molar-refractivity contribution < 1.29 is 14.3 Å². The Kier molecular flexibility index (Phi) is 5.25. The molecule has 0 aliphatic rings. The lowest BCUT2D eigenvalue weighted by Crippen LogP contribution is -2.46. The standard InChI is InChI=1S/C15H24N2O3/c1-10-7-12(19-5)13(20-6)8-11(10)9-16-14(18)17-15(2,3)4/h7-8H,9H2,1-6H3,(H2,16,17,18). The van der Waals surface area contributed by atoms with Crippen molar-refractivity contribution in [2.75, 3.05) is 14.2 Å². The van der Waals surface area contributed by atoms with Gasteiger partial charge in [-0.05, 0) is 51.0 Å². The summed E-state index contributed by atoms with van der Waals surface area (Å²) < 4.78 is 10.5. The number of methoxy groups -OCH3 is 2. The first-order chi connectivity index (χ1) is 9.26. The van der Waals surface area contributed by atoms with Crippen molar-refractivity contribution in [3.8, 4) is 11.5 Å². The number of hydrogen-bond donors (Lipinski definition) is 2. The zero-order valence-electron chi connectivity index (χ0n) is 13.1. The second-order valence-electron chi connectivity index (χ2n) is 5.69. The molecule has 2 amide bonds. The van der Waals surface area contributed by atoms with E-state index in [0.29, 0.717) is 18.0 Å². The van der Waals surface area contributed by atoms with Crippen molar-refractivity contribution >= 4 is 6.03 Å². The smallest absolute Gasteiger partial charge is 0.315 e. The summed E-state index contributed by atoms with van der Waals surface area (Å²) >= 11 is 0. The van der Waals surface area contributed by atoms with Crippen LogP contribution in [0.5, 0.6) is 11.5 Å². The number of ether oxygens (including phenoxy) is 2. The first kappa shape index (κ1) is 16.1. The maximum absolute atomic E-state index is 11.7. The summed E-state index contributed by atoms with van der Waals surface area (Å²) in [6, 6.07) is 3.59. The van der Waals surface area contributed by atoms with Gasteiger partial charge in [0.25, 0.3) is 0 Å². The van der Waals surface area contributed by atoms with Crippen molar-refractivity contribution in [2.24, 2.45) is 0 Å². The number of carbonyl (C=O) groups excluding carboxylic acids is 1. The molecule has 5 heteroatoms. The fourth-order valence-corrected chi connectivity index (χ4v) is 1.77. The number of benzene rings is 1. The maximum atomic E-state index is 11.7. The summed E-state index contributed by atoms with van der Waals surface area (Å²) in [7, 11) is 3.20. The van der Waals surface area contributed by atoms with Gasteiger partial charge >= 0.3 is 6.03 Å². The summed E-state index contributed by atoms with van der Waals surface area (Å²) in [5.41, 5.74) is 1.78. The highest BCUT2D eigenvalue weighted by atomic mass is 16.5. The van der Waals surface area contributed by atoms with Crippen LogP contribution in [0.1, 0.15) is 31.9 Å². The van der Waals surface area contributed by atoms with Gasteiger partial charge in [0.2, 0.25) is 0 Å². The fourth-order valence-electron chi connectivity index (χ4n) is 1.77. The summed E-state index contributed by atoms with van der Waals surface area (Å²) in [5.74, 6) is 1.35. The highest BCUT2D eigenvalue weighted by Crippen LogP contribution is 2.30. The molecule has 0 aromatic heterocycles. The fraction of sp³-hybridized carbons (Fsp3) is 0.533. The third-order valence-electron chi connectivity index (χ3n) is 2.77. The van der Waals surface area contributed by atoms with E-state index in [2.05, 4.69) is 10.6 Å². The molecule has 0 bridgehead atoms. The molecule has 0 fully saturated rings. The Hall–Kier alpha value is -1.91. The Morgan fingerprint density at radius 2 is 1.70 bits per heavy atom. The van der Waals surface area contributed by atoms with E-state index in [-0.39, 0.29) is 11.6 Å². The number of amides is 2. The zero-order chi connectivity index (χ0) is 15.3. The number of carbonyl (C=O) groups is 1. The summed E-state index contributed by atoms with van der Waals surface area (Å²) in [6.45, 7) is 8.23. The second-order valence-corrected chi connectivity index (χ2v) is 5.69. The molecular formula is C15H24N2O3. The Balaban J connectivity index is 2.76. The van der Waals surface area contributed by atoms with Gasteiger partial charge in [-0.15, -0.1) is 0 Å². The van der Waals surface area contributed by atoms with Crippen LogP contribution in [0.25, 0.3) is 0 Å². The predicted molar refractivity (Wildman–Crippen MR) is 79.4 cm³/mol. The van der Waals surface area contributed by atoms with Crippen LogP contribution in [0.3, 0.4) is 0 Å². The van der Waals surface area contributed by atoms with Crippen LogP contribution < -0.4 is 20.1 Å². The van der Waals surface area contributed by atoms with Gasteiger partial charge in [-0.1, -0.05) is 0 Å². The van der Waals surface area contributed by atoms with Gasteiger partial charge in [0, 0.05) is 12.1 Å². The number of rotatable bonds is 4. The summed E-state index contributed by atoms with van der Waals surface area (Å²) in [4.78, 5) is 11.7. The van der Waals surface area contributed by atoms with Gasteiger partial charge in [0.1, 0.15) is 0 Å². The predicted octanol–water partition coefficient (Wildman–Crippen LogP) is 2.61. The molecule has 1 rings (SSSR count). The van der Waals surface area contributed by atoms with Gasteiger partial charge in [-0.25, -0.2) is 4.79 Å². The van der Waals surface area contributed by atoms with Crippen LogP contribution in [0.4, 0.5) is 4.79 Å². The van der Waals surface area contributed by atoms with Crippen LogP contribution in [0, 0.1) is 6.92 Å². The van der Waals surface area contributed by atoms with Crippen molar-refractivity contribution in [3.05, 3.63) is 23.3 Å². The normalized spacial score (nSPS) is 10.9. The van der Waals surface area contributed by atoms with E-state index in [1.807, 2.05) is 39.8 Å². The Morgan fingerprint density at radius 1 is 1.15 bits per heavy atom. The van der Waals surface area contributed by atoms with Crippen molar-refractivity contribution in [3.63, 3.8) is 0 Å². The molecule has 2 N–H and O–H groups in total. The molecule has 5 nitrogen and oxygen atoms in total. The van der Waals surface area contributed by atoms with Crippen LogP contribution in [0.2, 0.25) is 0 Å². The Labute approximate surface area is 120 Å². The topological polar surface area (TPSA) is 59.6 Å². The molecule has 20 heavy (non-hydrogen) atoms. The Bertz CT molecular complexity index is 479. The largest absolute Gasteiger partial charge is 0.493 e. The molecule has 112 valence electrons. The molecule has 0 radical (unpaired) electrons. The summed E-state index contributed by atoms with van der Waals surface area (Å²) in [6.07, 6.45) is 0. The molecule has 0 aliphatic carbocycles. The van der Waals surface area contributed by atoms with E-state index >= 15 is 0 Å². The van der Waals surface area contributed by atoms with Gasteiger partial charge in [-0.2, -0.15) is 0 Å². The lowest BCUT2D eigenvalue weighted by molar-refractivity contribution is 0.231. The molecule has 0 aliphatic heterocycles. The quantitative estimate of drug-likeness (QED) is 0.891. The maximum Gasteiger partial charge on any atom is 0.315 e. The minimum atomic E-state index is -0.253. The molecule has 1 aromatic carbocycles. The lowest BCUT2D eigenvalue weighted by Gasteiger charge is -2.21. The third kappa shape index (κ3) is 4.64. The van der Waals surface area contributed by atoms with Gasteiger partial charge < -0.3 is 20.1 Å². The second kappa shape index (κ2) is 6.50. The third-order valence-corrected chi connectivity index (χ3v) is 2.77. The Morgan fingerprint density at radius 3 is 2.20 bits per heavy atom. The highest BCUT2D eigenvalue weighted by Gasteiger charge is 2.14. The van der Waals surface area contributed by atoms with Crippen LogP contribution >= 0.6 is 0 Å². The van der Waals surface area contributed by atoms with Crippen molar-refractivity contribution in [1.82, 2.24) is 10.6 Å². The van der Waals surface area contributed by atoms with E-state index in [4.69, 9.17) is 9.47 Å². The zero-order valence-corrected chi connectivity index (χ0v) is 13.1. The van der Waals surface area contributed by atoms with Crippen LogP contribution in [-0.2, 0) is 6.54 Å². The summed E-state index contributed by atoms with van der Waals surface area (Å²) in [5, 5.41) is 5.69. The van der Waals surface area contributed by atoms with E-state index in [1.165, 1.54) is 0 Å². The number of urea groups is 1. The number of hydrogen-bond acceptors (Lipinski definition) is 3. The SMILES string of the molecule is COc1cc(C)c(CNC(=O)NC(C)(C)C)cc1OC. The molecule has 1 aromatic rings. The minimum absolute atomic E-state index is 0.188.